The summed E-state index contributed by atoms with van der Waals surface area (Å²) >= 11 is 0. The van der Waals surface area contributed by atoms with Crippen LogP contribution in [0, 0.1) is 0 Å². The number of carbonyl (C=O) groups is 2. The summed E-state index contributed by atoms with van der Waals surface area (Å²) in [5.41, 5.74) is 3.97. The van der Waals surface area contributed by atoms with E-state index >= 15 is 0 Å². The Kier molecular flexibility index (Phi) is 7.30. The highest BCUT2D eigenvalue weighted by Crippen LogP contribution is 2.14. The molecule has 2 heterocycles. The summed E-state index contributed by atoms with van der Waals surface area (Å²) in [6.07, 6.45) is 3.91. The van der Waals surface area contributed by atoms with E-state index in [9.17, 15) is 9.59 Å². The normalized spacial score (nSPS) is 20.5. The Labute approximate surface area is 183 Å². The molecule has 7 nitrogen and oxygen atoms in total. The van der Waals surface area contributed by atoms with Crippen molar-refractivity contribution in [2.45, 2.75) is 50.9 Å². The molecule has 2 fully saturated rings. The summed E-state index contributed by atoms with van der Waals surface area (Å²) in [5, 5.41) is 15.8. The maximum atomic E-state index is 12.2. The summed E-state index contributed by atoms with van der Waals surface area (Å²) in [5.74, 6) is 0.0880. The topological polar surface area (TPSA) is 94.3 Å². The van der Waals surface area contributed by atoms with E-state index in [0.29, 0.717) is 0 Å². The number of benzene rings is 2. The molecule has 2 amide bonds. The molecule has 5 N–H and O–H groups in total. The van der Waals surface area contributed by atoms with Crippen LogP contribution >= 0.6 is 0 Å². The van der Waals surface area contributed by atoms with Gasteiger partial charge in [0.15, 0.2) is 0 Å². The zero-order valence-electron chi connectivity index (χ0n) is 17.7. The first-order valence-corrected chi connectivity index (χ1v) is 11.1. The maximum Gasteiger partial charge on any atom is 0.241 e. The minimum Gasteiger partial charge on any atom is -0.325 e. The van der Waals surface area contributed by atoms with Gasteiger partial charge in [0.05, 0.1) is 12.1 Å². The Hall–Kier alpha value is -2.74. The molecule has 2 aliphatic rings. The number of nitrogens with one attached hydrogen (secondary N) is 5. The van der Waals surface area contributed by atoms with Gasteiger partial charge in [0.1, 0.15) is 0 Å². The van der Waals surface area contributed by atoms with Gasteiger partial charge in [0, 0.05) is 24.5 Å². The predicted octanol–water partition coefficient (Wildman–Crippen LogP) is 2.36. The second-order valence-electron chi connectivity index (χ2n) is 8.27. The summed E-state index contributed by atoms with van der Waals surface area (Å²) < 4.78 is 0. The smallest absolute Gasteiger partial charge is 0.241 e. The molecule has 7 heteroatoms. The monoisotopic (exact) mass is 421 g/mol. The molecule has 2 saturated heterocycles. The van der Waals surface area contributed by atoms with Gasteiger partial charge in [-0.05, 0) is 74.2 Å². The largest absolute Gasteiger partial charge is 0.325 e. The fourth-order valence-electron chi connectivity index (χ4n) is 4.04. The third-order valence-electron chi connectivity index (χ3n) is 5.85. The third-order valence-corrected chi connectivity index (χ3v) is 5.85. The molecule has 2 aliphatic heterocycles. The molecule has 0 bridgehead atoms. The van der Waals surface area contributed by atoms with E-state index in [1.165, 1.54) is 0 Å². The van der Waals surface area contributed by atoms with Crippen molar-refractivity contribution in [3.05, 3.63) is 59.7 Å². The van der Waals surface area contributed by atoms with Gasteiger partial charge >= 0.3 is 0 Å². The van der Waals surface area contributed by atoms with Crippen LogP contribution in [0.3, 0.4) is 0 Å². The molecule has 0 aliphatic carbocycles. The van der Waals surface area contributed by atoms with Crippen molar-refractivity contribution >= 4 is 23.2 Å². The van der Waals surface area contributed by atoms with Crippen molar-refractivity contribution in [3.8, 4) is 0 Å². The fourth-order valence-corrected chi connectivity index (χ4v) is 4.04. The van der Waals surface area contributed by atoms with E-state index in [0.717, 1.165) is 74.4 Å². The second kappa shape index (κ2) is 10.5. The van der Waals surface area contributed by atoms with Crippen LogP contribution < -0.4 is 26.6 Å². The van der Waals surface area contributed by atoms with Gasteiger partial charge in [-0.25, -0.2) is 0 Å². The molecular weight excluding hydrogens is 390 g/mol. The zero-order valence-corrected chi connectivity index (χ0v) is 17.7. The summed E-state index contributed by atoms with van der Waals surface area (Å²) in [6, 6.07) is 15.8. The van der Waals surface area contributed by atoms with Crippen LogP contribution in [-0.2, 0) is 22.7 Å². The number of anilines is 2. The molecule has 0 radical (unpaired) electrons. The summed E-state index contributed by atoms with van der Waals surface area (Å²) in [6.45, 7) is 3.31. The van der Waals surface area contributed by atoms with Crippen LogP contribution in [0.4, 0.5) is 11.4 Å². The molecule has 2 aromatic carbocycles. The van der Waals surface area contributed by atoms with Crippen LogP contribution in [0.5, 0.6) is 0 Å². The molecule has 164 valence electrons. The van der Waals surface area contributed by atoms with Gasteiger partial charge in [-0.1, -0.05) is 24.3 Å². The Morgan fingerprint density at radius 2 is 1.13 bits per heavy atom. The molecule has 4 rings (SSSR count). The Balaban J connectivity index is 1.19. The zero-order chi connectivity index (χ0) is 21.5. The Morgan fingerprint density at radius 3 is 1.48 bits per heavy atom. The number of hydrogen-bond acceptors (Lipinski definition) is 5. The molecule has 31 heavy (non-hydrogen) atoms. The quantitative estimate of drug-likeness (QED) is 0.451. The lowest BCUT2D eigenvalue weighted by molar-refractivity contribution is -0.118. The SMILES string of the molecule is O=C(Nc1ccc(CNCc2ccc(NC(=O)[C@@H]3CCCN3)cc2)cc1)C1CCCN1. The number of carbonyl (C=O) groups excluding carboxylic acids is 2. The van der Waals surface area contributed by atoms with Crippen LogP contribution in [0.1, 0.15) is 36.8 Å². The maximum absolute atomic E-state index is 12.2. The van der Waals surface area contributed by atoms with Gasteiger partial charge in [0.2, 0.25) is 11.8 Å². The minimum absolute atomic E-state index is 0.0440. The molecule has 2 atom stereocenters. The van der Waals surface area contributed by atoms with Crippen molar-refractivity contribution < 1.29 is 9.59 Å². The molecule has 1 unspecified atom stereocenters. The van der Waals surface area contributed by atoms with Crippen LogP contribution in [-0.4, -0.2) is 37.0 Å². The lowest BCUT2D eigenvalue weighted by Crippen LogP contribution is -2.35. The Bertz CT molecular complexity index is 796. The lowest BCUT2D eigenvalue weighted by Gasteiger charge is -2.12. The number of amides is 2. The number of rotatable bonds is 8. The van der Waals surface area contributed by atoms with Crippen molar-refractivity contribution in [1.82, 2.24) is 16.0 Å². The van der Waals surface area contributed by atoms with Gasteiger partial charge in [-0.2, -0.15) is 0 Å². The predicted molar refractivity (Wildman–Crippen MR) is 123 cm³/mol. The van der Waals surface area contributed by atoms with Crippen LogP contribution in [0.15, 0.2) is 48.5 Å². The first kappa shape index (κ1) is 21.5. The van der Waals surface area contributed by atoms with E-state index in [2.05, 4.69) is 26.6 Å². The second-order valence-corrected chi connectivity index (χ2v) is 8.27. The van der Waals surface area contributed by atoms with Gasteiger partial charge in [-0.15, -0.1) is 0 Å². The molecule has 0 saturated carbocycles. The van der Waals surface area contributed by atoms with Crippen molar-refractivity contribution in [2.24, 2.45) is 0 Å². The summed E-state index contributed by atoms with van der Waals surface area (Å²) in [4.78, 5) is 24.3. The average molecular weight is 422 g/mol. The highest BCUT2D eigenvalue weighted by atomic mass is 16.2. The third kappa shape index (κ3) is 6.13. The molecule has 0 spiro atoms. The molecular formula is C24H31N5O2. The fraction of sp³-hybridized carbons (Fsp3) is 0.417. The first-order valence-electron chi connectivity index (χ1n) is 11.1. The highest BCUT2D eigenvalue weighted by molar-refractivity contribution is 5.95. The Morgan fingerprint density at radius 1 is 0.710 bits per heavy atom. The van der Waals surface area contributed by atoms with E-state index in [4.69, 9.17) is 0 Å². The minimum atomic E-state index is -0.0690. The standard InChI is InChI=1S/C24H31N5O2/c30-23(21-3-1-13-26-21)28-19-9-5-17(6-10-19)15-25-16-18-7-11-20(12-8-18)29-24(31)22-4-2-14-27-22/h5-12,21-22,25-27H,1-4,13-16H2,(H,28,30)(H,29,31)/t21-,22?/m0/s1. The molecule has 2 aromatic rings. The number of hydrogen-bond donors (Lipinski definition) is 5. The van der Waals surface area contributed by atoms with E-state index in [1.807, 2.05) is 48.5 Å². The van der Waals surface area contributed by atoms with Gasteiger partial charge in [-0.3, -0.25) is 9.59 Å². The van der Waals surface area contributed by atoms with E-state index < -0.39 is 0 Å². The molecule has 0 aromatic heterocycles. The van der Waals surface area contributed by atoms with E-state index in [-0.39, 0.29) is 23.9 Å². The van der Waals surface area contributed by atoms with Crippen LogP contribution in [0.2, 0.25) is 0 Å². The first-order chi connectivity index (χ1) is 15.2. The van der Waals surface area contributed by atoms with E-state index in [1.54, 1.807) is 0 Å². The van der Waals surface area contributed by atoms with Crippen molar-refractivity contribution in [1.29, 1.82) is 0 Å². The van der Waals surface area contributed by atoms with Gasteiger partial charge in [0.25, 0.3) is 0 Å². The van der Waals surface area contributed by atoms with Gasteiger partial charge < -0.3 is 26.6 Å². The van der Waals surface area contributed by atoms with Crippen molar-refractivity contribution in [3.63, 3.8) is 0 Å². The highest BCUT2D eigenvalue weighted by Gasteiger charge is 2.22. The van der Waals surface area contributed by atoms with Crippen molar-refractivity contribution in [2.75, 3.05) is 23.7 Å². The van der Waals surface area contributed by atoms with Crippen LogP contribution in [0.25, 0.3) is 0 Å². The summed E-state index contributed by atoms with van der Waals surface area (Å²) in [7, 11) is 0. The lowest BCUT2D eigenvalue weighted by atomic mass is 10.1. The average Bonchev–Trinajstić information content (AvgIpc) is 3.51.